The summed E-state index contributed by atoms with van der Waals surface area (Å²) in [6.07, 6.45) is 4.89. The van der Waals surface area contributed by atoms with E-state index in [1.807, 2.05) is 19.2 Å². The molecule has 0 unspecified atom stereocenters. The van der Waals surface area contributed by atoms with E-state index >= 15 is 0 Å². The highest BCUT2D eigenvalue weighted by atomic mass is 127. The molecule has 0 aliphatic heterocycles. The van der Waals surface area contributed by atoms with Crippen molar-refractivity contribution in [1.29, 1.82) is 0 Å². The number of halogens is 1. The average Bonchev–Trinajstić information content (AvgIpc) is 3.06. The van der Waals surface area contributed by atoms with Crippen molar-refractivity contribution in [3.05, 3.63) is 41.8 Å². The molecule has 5 nitrogen and oxygen atoms in total. The lowest BCUT2D eigenvalue weighted by Crippen LogP contribution is -2.40. The third-order valence-electron chi connectivity index (χ3n) is 3.93. The topological polar surface area (TPSA) is 53.7 Å². The number of rotatable bonds is 7. The van der Waals surface area contributed by atoms with Crippen LogP contribution < -0.4 is 5.32 Å². The van der Waals surface area contributed by atoms with Crippen molar-refractivity contribution in [3.63, 3.8) is 0 Å². The Balaban J connectivity index is 0.00000312. The minimum absolute atomic E-state index is 0. The SMILES string of the molecule is CCCCN(C)C(=NC)NCCc1coc(-c2ccc(C)cc2)n1.I. The lowest BCUT2D eigenvalue weighted by molar-refractivity contribution is 0.465. The first-order chi connectivity index (χ1) is 11.6. The fraction of sp³-hybridized carbons (Fsp3) is 0.474. The van der Waals surface area contributed by atoms with Crippen LogP contribution in [0.15, 0.2) is 39.9 Å². The zero-order chi connectivity index (χ0) is 17.4. The fourth-order valence-corrected chi connectivity index (χ4v) is 2.44. The maximum absolute atomic E-state index is 5.60. The quantitative estimate of drug-likeness (QED) is 0.387. The summed E-state index contributed by atoms with van der Waals surface area (Å²) in [5.41, 5.74) is 3.19. The van der Waals surface area contributed by atoms with E-state index in [-0.39, 0.29) is 24.0 Å². The van der Waals surface area contributed by atoms with Gasteiger partial charge in [-0.05, 0) is 25.5 Å². The van der Waals surface area contributed by atoms with E-state index in [9.17, 15) is 0 Å². The van der Waals surface area contributed by atoms with Gasteiger partial charge in [-0.2, -0.15) is 0 Å². The van der Waals surface area contributed by atoms with E-state index in [0.717, 1.165) is 36.7 Å². The number of nitrogens with one attached hydrogen (secondary N) is 1. The van der Waals surface area contributed by atoms with Gasteiger partial charge in [-0.15, -0.1) is 24.0 Å². The van der Waals surface area contributed by atoms with Gasteiger partial charge in [0, 0.05) is 39.2 Å². The van der Waals surface area contributed by atoms with Crippen molar-refractivity contribution >= 4 is 29.9 Å². The Morgan fingerprint density at radius 1 is 1.28 bits per heavy atom. The summed E-state index contributed by atoms with van der Waals surface area (Å²) in [5, 5.41) is 3.38. The van der Waals surface area contributed by atoms with Gasteiger partial charge in [-0.1, -0.05) is 31.0 Å². The molecule has 0 saturated carbocycles. The third-order valence-corrected chi connectivity index (χ3v) is 3.93. The summed E-state index contributed by atoms with van der Waals surface area (Å²) in [6.45, 7) is 6.06. The molecule has 138 valence electrons. The van der Waals surface area contributed by atoms with Crippen molar-refractivity contribution in [2.75, 3.05) is 27.2 Å². The number of aryl methyl sites for hydroxylation is 1. The van der Waals surface area contributed by atoms with E-state index in [2.05, 4.69) is 53.2 Å². The average molecular weight is 456 g/mol. The molecular formula is C19H29IN4O. The van der Waals surface area contributed by atoms with Gasteiger partial charge in [0.15, 0.2) is 5.96 Å². The standard InChI is InChI=1S/C19H28N4O.HI/c1-5-6-13-23(4)19(20-3)21-12-11-17-14-24-18(22-17)16-9-7-15(2)8-10-16;/h7-10,14H,5-6,11-13H2,1-4H3,(H,20,21);1H. The molecular weight excluding hydrogens is 427 g/mol. The molecule has 0 atom stereocenters. The van der Waals surface area contributed by atoms with Crippen molar-refractivity contribution < 1.29 is 4.42 Å². The largest absolute Gasteiger partial charge is 0.444 e. The minimum atomic E-state index is 0. The van der Waals surface area contributed by atoms with E-state index in [4.69, 9.17) is 4.42 Å². The molecule has 1 N–H and O–H groups in total. The number of aliphatic imine (C=N–C) groups is 1. The van der Waals surface area contributed by atoms with Crippen molar-refractivity contribution in [1.82, 2.24) is 15.2 Å². The number of hydrogen-bond acceptors (Lipinski definition) is 3. The van der Waals surface area contributed by atoms with Gasteiger partial charge in [0.05, 0.1) is 5.69 Å². The van der Waals surface area contributed by atoms with Crippen LogP contribution in [-0.2, 0) is 6.42 Å². The first kappa shape index (κ1) is 21.5. The van der Waals surface area contributed by atoms with Crippen LogP contribution in [0.1, 0.15) is 31.0 Å². The van der Waals surface area contributed by atoms with Crippen molar-refractivity contribution in [2.45, 2.75) is 33.1 Å². The van der Waals surface area contributed by atoms with Gasteiger partial charge in [-0.3, -0.25) is 4.99 Å². The van der Waals surface area contributed by atoms with Crippen molar-refractivity contribution in [3.8, 4) is 11.5 Å². The molecule has 25 heavy (non-hydrogen) atoms. The summed E-state index contributed by atoms with van der Waals surface area (Å²) in [6, 6.07) is 8.20. The van der Waals surface area contributed by atoms with Crippen LogP contribution in [-0.4, -0.2) is 43.0 Å². The Hall–Kier alpha value is -1.57. The molecule has 1 aromatic heterocycles. The van der Waals surface area contributed by atoms with Gasteiger partial charge in [0.25, 0.3) is 0 Å². The molecule has 1 aromatic carbocycles. The second-order valence-electron chi connectivity index (χ2n) is 6.01. The second-order valence-corrected chi connectivity index (χ2v) is 6.01. The van der Waals surface area contributed by atoms with Crippen molar-refractivity contribution in [2.24, 2.45) is 4.99 Å². The molecule has 2 aromatic rings. The third kappa shape index (κ3) is 6.68. The van der Waals surface area contributed by atoms with Crippen LogP contribution in [0.5, 0.6) is 0 Å². The Morgan fingerprint density at radius 3 is 2.64 bits per heavy atom. The summed E-state index contributed by atoms with van der Waals surface area (Å²) in [4.78, 5) is 11.0. The highest BCUT2D eigenvalue weighted by molar-refractivity contribution is 14.0. The summed E-state index contributed by atoms with van der Waals surface area (Å²) in [5.74, 6) is 1.60. The number of unbranched alkanes of at least 4 members (excludes halogenated alkanes) is 1. The van der Waals surface area contributed by atoms with Crippen LogP contribution in [0.4, 0.5) is 0 Å². The van der Waals surface area contributed by atoms with E-state index < -0.39 is 0 Å². The monoisotopic (exact) mass is 456 g/mol. The molecule has 0 bridgehead atoms. The van der Waals surface area contributed by atoms with Crippen LogP contribution in [0.25, 0.3) is 11.5 Å². The molecule has 6 heteroatoms. The summed E-state index contributed by atoms with van der Waals surface area (Å²) < 4.78 is 5.60. The maximum atomic E-state index is 5.60. The number of guanidine groups is 1. The van der Waals surface area contributed by atoms with E-state index in [0.29, 0.717) is 5.89 Å². The number of hydrogen-bond donors (Lipinski definition) is 1. The van der Waals surface area contributed by atoms with E-state index in [1.165, 1.54) is 18.4 Å². The minimum Gasteiger partial charge on any atom is -0.444 e. The number of oxazole rings is 1. The Bertz CT molecular complexity index is 652. The van der Waals surface area contributed by atoms with Gasteiger partial charge < -0.3 is 14.6 Å². The summed E-state index contributed by atoms with van der Waals surface area (Å²) in [7, 11) is 3.88. The molecule has 0 spiro atoms. The van der Waals surface area contributed by atoms with E-state index in [1.54, 1.807) is 6.26 Å². The fourth-order valence-electron chi connectivity index (χ4n) is 2.44. The highest BCUT2D eigenvalue weighted by Crippen LogP contribution is 2.19. The van der Waals surface area contributed by atoms with Crippen LogP contribution in [0.2, 0.25) is 0 Å². The first-order valence-corrected chi connectivity index (χ1v) is 8.57. The number of aromatic nitrogens is 1. The maximum Gasteiger partial charge on any atom is 0.226 e. The first-order valence-electron chi connectivity index (χ1n) is 8.57. The Morgan fingerprint density at radius 2 is 2.00 bits per heavy atom. The lowest BCUT2D eigenvalue weighted by atomic mass is 10.1. The molecule has 0 amide bonds. The van der Waals surface area contributed by atoms with Crippen LogP contribution in [0.3, 0.4) is 0 Å². The molecule has 0 fully saturated rings. The second kappa shape index (κ2) is 11.1. The van der Waals surface area contributed by atoms with Crippen LogP contribution in [0, 0.1) is 6.92 Å². The summed E-state index contributed by atoms with van der Waals surface area (Å²) >= 11 is 0. The smallest absolute Gasteiger partial charge is 0.226 e. The highest BCUT2D eigenvalue weighted by Gasteiger charge is 2.08. The van der Waals surface area contributed by atoms with Crippen LogP contribution >= 0.6 is 24.0 Å². The molecule has 2 rings (SSSR count). The van der Waals surface area contributed by atoms with Gasteiger partial charge in [0.2, 0.25) is 5.89 Å². The molecule has 0 radical (unpaired) electrons. The number of benzene rings is 1. The Kier molecular flexibility index (Phi) is 9.55. The zero-order valence-electron chi connectivity index (χ0n) is 15.6. The zero-order valence-corrected chi connectivity index (χ0v) is 17.9. The molecule has 1 heterocycles. The van der Waals surface area contributed by atoms with Gasteiger partial charge in [-0.25, -0.2) is 4.98 Å². The predicted octanol–water partition coefficient (Wildman–Crippen LogP) is 4.12. The number of nitrogens with zero attached hydrogens (tertiary/aromatic N) is 3. The Labute approximate surface area is 168 Å². The predicted molar refractivity (Wildman–Crippen MR) is 115 cm³/mol. The lowest BCUT2D eigenvalue weighted by Gasteiger charge is -2.21. The molecule has 0 saturated heterocycles. The molecule has 0 aliphatic rings. The van der Waals surface area contributed by atoms with Gasteiger partial charge in [0.1, 0.15) is 6.26 Å². The van der Waals surface area contributed by atoms with Gasteiger partial charge >= 0.3 is 0 Å². The normalized spacial score (nSPS) is 11.1. The molecule has 0 aliphatic carbocycles.